The monoisotopic (exact) mass is 1530 g/mol. The number of nitro benzene ring substituents is 2. The molecule has 556 valence electrons. The summed E-state index contributed by atoms with van der Waals surface area (Å²) in [6, 6.07) is 53.5. The van der Waals surface area contributed by atoms with Crippen LogP contribution in [0.25, 0.3) is 31.3 Å². The van der Waals surface area contributed by atoms with E-state index >= 15 is 0 Å². The molecule has 0 saturated carbocycles. The molecule has 8 N–H and O–H groups in total. The first-order chi connectivity index (χ1) is 51.0. The van der Waals surface area contributed by atoms with Crippen molar-refractivity contribution < 1.29 is 72.3 Å². The summed E-state index contributed by atoms with van der Waals surface area (Å²) in [5, 5.41) is 73.5. The van der Waals surface area contributed by atoms with Crippen LogP contribution in [-0.2, 0) is 48.6 Å². The van der Waals surface area contributed by atoms with Crippen LogP contribution in [0.1, 0.15) is 67.8 Å². The van der Waals surface area contributed by atoms with Gasteiger partial charge < -0.3 is 26.2 Å². The summed E-state index contributed by atoms with van der Waals surface area (Å²) < 4.78 is 116. The standard InChI is InChI=1S/C27H27N5O10S3.C25H23N5O6S.C19H20N4O2/c1-43(35,36)41-19-23(30-45(39,40)26-11-7-6-10-24(26)32(33)34)27(25(18-29-31-28)42-44(2,37)38)22-16-14-21(15-17-22)13-12-20-8-4-3-5-9-20;26-29-27-16-23(32)25(20-14-12-19(13-15-20)11-10-18-6-2-1-3-7-18)21(17-31)28-37(35,36)24-9-5-4-8-22(24)30(33)34;20-17(13-24)19(18(25)12-22-23-21)16-10-8-15(9-11-16)7-6-14-4-2-1-3-5-14/h3-11,14-17,23,25,27,30H,18-19H2,1-2H3;1-9,12-15,21,23,25,28,31-32H,16-17H2;1-5,8-11,17-19,24-25H,12-13,20H2/t23-,25-,27+;21-,23-,25+;17-,18-,19+/m111/s1. The van der Waals surface area contributed by atoms with E-state index in [1.165, 1.54) is 36.4 Å². The molecule has 0 spiro atoms. The minimum Gasteiger partial charge on any atom is -0.395 e. The van der Waals surface area contributed by atoms with Crippen LogP contribution in [0.15, 0.2) is 237 Å². The van der Waals surface area contributed by atoms with Gasteiger partial charge in [0.15, 0.2) is 9.79 Å². The predicted molar refractivity (Wildman–Crippen MR) is 396 cm³/mol. The van der Waals surface area contributed by atoms with Crippen LogP contribution in [-0.4, -0.2) is 152 Å². The van der Waals surface area contributed by atoms with Gasteiger partial charge in [0.05, 0.1) is 92.2 Å². The number of hydrogen-bond donors (Lipinski definition) is 7. The number of nitrogens with zero attached hydrogens (tertiary/aromatic N) is 11. The van der Waals surface area contributed by atoms with Crippen LogP contribution in [0, 0.1) is 55.8 Å². The van der Waals surface area contributed by atoms with Crippen LogP contribution in [0.3, 0.4) is 0 Å². The molecule has 0 aromatic heterocycles. The third-order valence-corrected chi connectivity index (χ3v) is 19.5. The molecule has 8 aromatic rings. The van der Waals surface area contributed by atoms with E-state index in [1.54, 1.807) is 48.5 Å². The summed E-state index contributed by atoms with van der Waals surface area (Å²) >= 11 is 0. The van der Waals surface area contributed by atoms with Crippen molar-refractivity contribution in [2.45, 2.75) is 64.0 Å². The topological polar surface area (TPSA) is 519 Å². The lowest BCUT2D eigenvalue weighted by Gasteiger charge is -2.33. The van der Waals surface area contributed by atoms with Gasteiger partial charge in [-0.3, -0.25) is 28.6 Å². The number of nitro groups is 2. The first-order valence-corrected chi connectivity index (χ1v) is 38.2. The highest BCUT2D eigenvalue weighted by Crippen LogP contribution is 2.33. The second-order valence-corrected chi connectivity index (χ2v) is 29.5. The van der Waals surface area contributed by atoms with E-state index in [-0.39, 0.29) is 18.7 Å². The highest BCUT2D eigenvalue weighted by atomic mass is 32.2. The van der Waals surface area contributed by atoms with Gasteiger partial charge in [0.25, 0.3) is 31.6 Å². The van der Waals surface area contributed by atoms with Gasteiger partial charge in [0, 0.05) is 84.0 Å². The summed E-state index contributed by atoms with van der Waals surface area (Å²) in [7, 11) is -17.8. The molecule has 32 nitrogen and oxygen atoms in total. The van der Waals surface area contributed by atoms with Crippen molar-refractivity contribution in [3.05, 3.63) is 314 Å². The zero-order chi connectivity index (χ0) is 78.2. The Labute approximate surface area is 616 Å². The number of sulfonamides is 2. The van der Waals surface area contributed by atoms with E-state index in [0.717, 1.165) is 58.3 Å². The predicted octanol–water partition coefficient (Wildman–Crippen LogP) is 8.31. The number of azide groups is 3. The van der Waals surface area contributed by atoms with E-state index in [1.807, 2.05) is 103 Å². The molecule has 0 unspecified atom stereocenters. The normalized spacial score (nSPS) is 13.6. The maximum absolute atomic E-state index is 13.5. The molecule has 107 heavy (non-hydrogen) atoms. The Morgan fingerprint density at radius 1 is 0.449 bits per heavy atom. The van der Waals surface area contributed by atoms with Gasteiger partial charge in [-0.1, -0.05) is 166 Å². The van der Waals surface area contributed by atoms with Crippen LogP contribution in [0.4, 0.5) is 11.4 Å². The minimum atomic E-state index is -4.80. The number of hydrogen-bond acceptors (Lipinski definition) is 22. The molecule has 0 saturated heterocycles. The van der Waals surface area contributed by atoms with Crippen molar-refractivity contribution in [1.82, 2.24) is 9.44 Å². The van der Waals surface area contributed by atoms with Gasteiger partial charge in [0.2, 0.25) is 20.0 Å². The quantitative estimate of drug-likeness (QED) is 0.00423. The molecule has 0 aliphatic heterocycles. The lowest BCUT2D eigenvalue weighted by atomic mass is 9.86. The fraction of sp³-hybridized carbons (Fsp3) is 0.239. The molecule has 0 fully saturated rings. The minimum absolute atomic E-state index is 0.107. The summed E-state index contributed by atoms with van der Waals surface area (Å²) in [5.74, 6) is 15.1. The number of aliphatic hydroxyl groups excluding tert-OH is 4. The van der Waals surface area contributed by atoms with Gasteiger partial charge >= 0.3 is 0 Å². The number of nitrogens with two attached hydrogens (primary N) is 1. The molecular formula is C71H70N14O18S4. The summed E-state index contributed by atoms with van der Waals surface area (Å²) in [5.41, 5.74) is 36.4. The van der Waals surface area contributed by atoms with Gasteiger partial charge in [-0.2, -0.15) is 16.8 Å². The van der Waals surface area contributed by atoms with E-state index in [4.69, 9.17) is 30.7 Å². The lowest BCUT2D eigenvalue weighted by Crippen LogP contribution is -2.48. The number of rotatable bonds is 30. The van der Waals surface area contributed by atoms with Crippen molar-refractivity contribution in [3.8, 4) is 35.5 Å². The first-order valence-electron chi connectivity index (χ1n) is 31.6. The molecule has 0 bridgehead atoms. The van der Waals surface area contributed by atoms with E-state index in [0.29, 0.717) is 22.9 Å². The first kappa shape index (κ1) is 84.5. The largest absolute Gasteiger partial charge is 0.395 e. The van der Waals surface area contributed by atoms with Crippen LogP contribution in [0.5, 0.6) is 0 Å². The van der Waals surface area contributed by atoms with Crippen LogP contribution < -0.4 is 15.2 Å². The molecule has 0 aliphatic carbocycles. The maximum atomic E-state index is 13.5. The Morgan fingerprint density at radius 3 is 1.10 bits per heavy atom. The Morgan fingerprint density at radius 2 is 0.766 bits per heavy atom. The summed E-state index contributed by atoms with van der Waals surface area (Å²) in [4.78, 5) is 27.8. The average Bonchev–Trinajstić information content (AvgIpc) is 0.793. The third-order valence-electron chi connectivity index (χ3n) is 15.3. The van der Waals surface area contributed by atoms with Gasteiger partial charge in [0.1, 0.15) is 0 Å². The average molecular weight is 1540 g/mol. The summed E-state index contributed by atoms with van der Waals surface area (Å²) in [6.07, 6.45) is -2.53. The molecule has 0 radical (unpaired) electrons. The molecule has 0 amide bonds. The Hall–Kier alpha value is -11.4. The van der Waals surface area contributed by atoms with Crippen molar-refractivity contribution in [2.75, 3.05) is 52.0 Å². The highest BCUT2D eigenvalue weighted by molar-refractivity contribution is 7.90. The van der Waals surface area contributed by atoms with Crippen molar-refractivity contribution in [3.63, 3.8) is 0 Å². The fourth-order valence-electron chi connectivity index (χ4n) is 10.5. The zero-order valence-electron chi connectivity index (χ0n) is 56.8. The Balaban J connectivity index is 0.000000261. The van der Waals surface area contributed by atoms with Crippen molar-refractivity contribution >= 4 is 51.7 Å². The number of aliphatic hydroxyl groups is 4. The highest BCUT2D eigenvalue weighted by Gasteiger charge is 2.40. The van der Waals surface area contributed by atoms with E-state index in [9.17, 15) is 74.3 Å². The molecular weight excluding hydrogens is 1470 g/mol. The third kappa shape index (κ3) is 27.2. The van der Waals surface area contributed by atoms with Gasteiger partial charge in [-0.25, -0.2) is 26.3 Å². The van der Waals surface area contributed by atoms with Crippen molar-refractivity contribution in [2.24, 2.45) is 21.1 Å². The second kappa shape index (κ2) is 41.3. The number of para-hydroxylation sites is 2. The molecule has 0 aliphatic rings. The lowest BCUT2D eigenvalue weighted by molar-refractivity contribution is -0.388. The molecule has 0 heterocycles. The van der Waals surface area contributed by atoms with Gasteiger partial charge in [-0.15, -0.1) is 0 Å². The molecule has 9 atom stereocenters. The molecule has 8 aromatic carbocycles. The smallest absolute Gasteiger partial charge is 0.289 e. The van der Waals surface area contributed by atoms with Crippen LogP contribution >= 0.6 is 0 Å². The fourth-order valence-corrected chi connectivity index (χ4v) is 14.4. The zero-order valence-corrected chi connectivity index (χ0v) is 60.0. The van der Waals surface area contributed by atoms with E-state index < -0.39 is 152 Å². The molecule has 8 rings (SSSR count). The summed E-state index contributed by atoms with van der Waals surface area (Å²) in [6.45, 7) is -3.10. The number of nitrogens with one attached hydrogen (secondary N) is 2. The van der Waals surface area contributed by atoms with E-state index in [2.05, 4.69) is 75.0 Å². The van der Waals surface area contributed by atoms with Crippen LogP contribution in [0.2, 0.25) is 0 Å². The number of benzene rings is 8. The Bertz CT molecular complexity index is 5170. The SMILES string of the molecule is CS(=O)(=O)OC[C@@H](NS(=O)(=O)c1ccccc1[N+](=O)[O-])[C@H](c1ccc(C#Cc2ccccc2)cc1)[C@@H](CN=[N+]=[N-])OS(C)(=O)=O.[N-]=[N+]=NC[C@@H](O)[C@@H](c1ccc(C#Cc2ccccc2)cc1)[C@@H](CO)NS(=O)(=O)c1ccccc1[N+](=O)[O-].[N-]=[N+]=NC[C@@H](O)[C@@H](c1ccc(C#Cc2ccccc2)cc1)[C@H](N)CO. The Kier molecular flexibility index (Phi) is 32.7. The second-order valence-electron chi connectivity index (χ2n) is 22.9. The molecule has 36 heteroatoms. The maximum Gasteiger partial charge on any atom is 0.289 e. The van der Waals surface area contributed by atoms with Crippen molar-refractivity contribution in [1.29, 1.82) is 0 Å². The van der Waals surface area contributed by atoms with Gasteiger partial charge in [-0.05, 0) is 118 Å².